The van der Waals surface area contributed by atoms with E-state index in [4.69, 9.17) is 4.74 Å². The third-order valence-corrected chi connectivity index (χ3v) is 3.62. The quantitative estimate of drug-likeness (QED) is 0.702. The minimum atomic E-state index is -0.736. The van der Waals surface area contributed by atoms with Gasteiger partial charge in [-0.2, -0.15) is 0 Å². The zero-order chi connectivity index (χ0) is 13.0. The van der Waals surface area contributed by atoms with Crippen molar-refractivity contribution in [1.29, 1.82) is 0 Å². The molecule has 5 nitrogen and oxygen atoms in total. The van der Waals surface area contributed by atoms with E-state index >= 15 is 0 Å². The second-order valence-corrected chi connectivity index (χ2v) is 5.31. The van der Waals surface area contributed by atoms with Crippen molar-refractivity contribution in [3.8, 4) is 0 Å². The van der Waals surface area contributed by atoms with Crippen LogP contribution in [0.2, 0.25) is 0 Å². The van der Waals surface area contributed by atoms with Gasteiger partial charge in [0.05, 0.1) is 6.10 Å². The van der Waals surface area contributed by atoms with E-state index < -0.39 is 12.0 Å². The van der Waals surface area contributed by atoms with Gasteiger partial charge in [-0.25, -0.2) is 0 Å². The Labute approximate surface area is 108 Å². The fraction of sp³-hybridized carbons (Fsp3) is 0.923. The fourth-order valence-electron chi connectivity index (χ4n) is 2.55. The van der Waals surface area contributed by atoms with Crippen molar-refractivity contribution >= 4 is 5.97 Å². The Kier molecular flexibility index (Phi) is 4.97. The first-order valence-electron chi connectivity index (χ1n) is 7.02. The summed E-state index contributed by atoms with van der Waals surface area (Å²) in [5.74, 6) is -0.736. The first-order chi connectivity index (χ1) is 8.69. The Balaban J connectivity index is 1.79. The van der Waals surface area contributed by atoms with Gasteiger partial charge in [0.1, 0.15) is 6.04 Å². The zero-order valence-electron chi connectivity index (χ0n) is 11.1. The lowest BCUT2D eigenvalue weighted by Gasteiger charge is -2.34. The first-order valence-corrected chi connectivity index (χ1v) is 7.02. The van der Waals surface area contributed by atoms with Crippen LogP contribution < -0.4 is 5.32 Å². The summed E-state index contributed by atoms with van der Waals surface area (Å²) >= 11 is 0. The number of nitrogens with zero attached hydrogens (tertiary/aromatic N) is 1. The first kappa shape index (κ1) is 13.8. The van der Waals surface area contributed by atoms with E-state index in [9.17, 15) is 9.90 Å². The number of carboxylic acid groups (broad SMARTS) is 1. The number of ether oxygens (including phenoxy) is 1. The Hall–Kier alpha value is -0.650. The maximum absolute atomic E-state index is 11.2. The smallest absolute Gasteiger partial charge is 0.322 e. The van der Waals surface area contributed by atoms with Crippen molar-refractivity contribution in [2.75, 3.05) is 26.2 Å². The molecule has 0 aromatic rings. The molecular formula is C13H24N2O3. The van der Waals surface area contributed by atoms with Gasteiger partial charge in [-0.05, 0) is 39.2 Å². The van der Waals surface area contributed by atoms with Crippen LogP contribution in [0.4, 0.5) is 0 Å². The molecule has 1 saturated carbocycles. The van der Waals surface area contributed by atoms with Crippen molar-refractivity contribution in [2.45, 2.75) is 50.8 Å². The van der Waals surface area contributed by atoms with Crippen molar-refractivity contribution in [3.63, 3.8) is 0 Å². The van der Waals surface area contributed by atoms with Gasteiger partial charge in [-0.15, -0.1) is 0 Å². The Bertz CT molecular complexity index is 279. The number of nitrogens with one attached hydrogen (secondary N) is 1. The fourth-order valence-corrected chi connectivity index (χ4v) is 2.55. The number of carbonyl (C=O) groups is 1. The predicted molar refractivity (Wildman–Crippen MR) is 68.7 cm³/mol. The summed E-state index contributed by atoms with van der Waals surface area (Å²) in [6, 6.07) is -0.00328. The second kappa shape index (κ2) is 6.50. The van der Waals surface area contributed by atoms with Crippen LogP contribution >= 0.6 is 0 Å². The van der Waals surface area contributed by atoms with E-state index in [1.807, 2.05) is 6.92 Å². The van der Waals surface area contributed by atoms with Crippen LogP contribution in [0.3, 0.4) is 0 Å². The molecule has 104 valence electrons. The van der Waals surface area contributed by atoms with Crippen LogP contribution in [-0.4, -0.2) is 60.4 Å². The van der Waals surface area contributed by atoms with Crippen molar-refractivity contribution in [1.82, 2.24) is 10.2 Å². The normalized spacial score (nSPS) is 27.1. The van der Waals surface area contributed by atoms with Crippen LogP contribution in [-0.2, 0) is 9.53 Å². The highest BCUT2D eigenvalue weighted by molar-refractivity contribution is 5.73. The molecular weight excluding hydrogens is 232 g/mol. The molecule has 0 bridgehead atoms. The predicted octanol–water partition coefficient (Wildman–Crippen LogP) is 0.693. The molecule has 18 heavy (non-hydrogen) atoms. The molecule has 2 aliphatic rings. The van der Waals surface area contributed by atoms with E-state index in [2.05, 4.69) is 10.2 Å². The van der Waals surface area contributed by atoms with Crippen molar-refractivity contribution < 1.29 is 14.6 Å². The van der Waals surface area contributed by atoms with E-state index in [-0.39, 0.29) is 6.10 Å². The summed E-state index contributed by atoms with van der Waals surface area (Å²) in [6.45, 7) is 5.19. The van der Waals surface area contributed by atoms with Gasteiger partial charge in [-0.3, -0.25) is 9.69 Å². The average molecular weight is 256 g/mol. The molecule has 2 unspecified atom stereocenters. The average Bonchev–Trinajstić information content (AvgIpc) is 3.13. The number of hydrogen-bond acceptors (Lipinski definition) is 4. The molecule has 0 aromatic carbocycles. The van der Waals surface area contributed by atoms with Crippen molar-refractivity contribution in [2.24, 2.45) is 0 Å². The monoisotopic (exact) mass is 256 g/mol. The highest BCUT2D eigenvalue weighted by Crippen LogP contribution is 2.20. The molecule has 1 heterocycles. The van der Waals surface area contributed by atoms with Gasteiger partial charge in [0.15, 0.2) is 0 Å². The lowest BCUT2D eigenvalue weighted by molar-refractivity contribution is -0.140. The van der Waals surface area contributed by atoms with Crippen LogP contribution in [0.5, 0.6) is 0 Å². The van der Waals surface area contributed by atoms with Gasteiger partial charge in [0.2, 0.25) is 0 Å². The molecule has 0 amide bonds. The van der Waals surface area contributed by atoms with E-state index in [0.717, 1.165) is 45.4 Å². The molecule has 2 atom stereocenters. The third kappa shape index (κ3) is 4.23. The van der Waals surface area contributed by atoms with E-state index in [1.165, 1.54) is 0 Å². The maximum Gasteiger partial charge on any atom is 0.322 e. The second-order valence-electron chi connectivity index (χ2n) is 5.31. The number of piperidine rings is 1. The Morgan fingerprint density at radius 3 is 2.89 bits per heavy atom. The van der Waals surface area contributed by atoms with Gasteiger partial charge in [0.25, 0.3) is 0 Å². The zero-order valence-corrected chi connectivity index (χ0v) is 11.1. The molecule has 0 radical (unpaired) electrons. The molecule has 2 N–H and O–H groups in total. The summed E-state index contributed by atoms with van der Waals surface area (Å²) < 4.78 is 5.64. The van der Waals surface area contributed by atoms with Crippen LogP contribution in [0.25, 0.3) is 0 Å². The Morgan fingerprint density at radius 1 is 1.50 bits per heavy atom. The third-order valence-electron chi connectivity index (χ3n) is 3.62. The molecule has 2 rings (SSSR count). The number of rotatable bonds is 7. The summed E-state index contributed by atoms with van der Waals surface area (Å²) in [5.41, 5.74) is 0. The maximum atomic E-state index is 11.2. The number of aliphatic carboxylic acids is 1. The van der Waals surface area contributed by atoms with Crippen LogP contribution in [0.1, 0.15) is 32.6 Å². The standard InChI is InChI=1S/C13H24N2O3/c1-2-18-11-4-3-7-15(8-11)9-12(13(16)17)14-10-5-6-10/h10-12,14H,2-9H2,1H3,(H,16,17). The molecule has 1 saturated heterocycles. The topological polar surface area (TPSA) is 61.8 Å². The molecule has 0 spiro atoms. The minimum Gasteiger partial charge on any atom is -0.480 e. The van der Waals surface area contributed by atoms with E-state index in [1.54, 1.807) is 0 Å². The largest absolute Gasteiger partial charge is 0.480 e. The lowest BCUT2D eigenvalue weighted by atomic mass is 10.1. The van der Waals surface area contributed by atoms with Crippen LogP contribution in [0.15, 0.2) is 0 Å². The highest BCUT2D eigenvalue weighted by atomic mass is 16.5. The summed E-state index contributed by atoms with van der Waals surface area (Å²) in [5, 5.41) is 12.4. The Morgan fingerprint density at radius 2 is 2.28 bits per heavy atom. The molecule has 0 aromatic heterocycles. The summed E-state index contributed by atoms with van der Waals surface area (Å²) in [4.78, 5) is 13.4. The number of likely N-dealkylation sites (tertiary alicyclic amines) is 1. The highest BCUT2D eigenvalue weighted by Gasteiger charge is 2.30. The molecule has 2 fully saturated rings. The van der Waals surface area contributed by atoms with Crippen molar-refractivity contribution in [3.05, 3.63) is 0 Å². The van der Waals surface area contributed by atoms with E-state index in [0.29, 0.717) is 12.6 Å². The van der Waals surface area contributed by atoms with Gasteiger partial charge >= 0.3 is 5.97 Å². The number of hydrogen-bond donors (Lipinski definition) is 2. The van der Waals surface area contributed by atoms with Gasteiger partial charge in [-0.1, -0.05) is 0 Å². The molecule has 1 aliphatic heterocycles. The number of carboxylic acids is 1. The van der Waals surface area contributed by atoms with Gasteiger partial charge < -0.3 is 15.2 Å². The molecule has 1 aliphatic carbocycles. The summed E-state index contributed by atoms with van der Waals surface area (Å²) in [6.07, 6.45) is 4.70. The minimum absolute atomic E-state index is 0.277. The van der Waals surface area contributed by atoms with Gasteiger partial charge in [0, 0.05) is 25.7 Å². The summed E-state index contributed by atoms with van der Waals surface area (Å²) in [7, 11) is 0. The lowest BCUT2D eigenvalue weighted by Crippen LogP contribution is -2.50. The molecule has 5 heteroatoms. The SMILES string of the molecule is CCOC1CCCN(CC(NC2CC2)C(=O)O)C1. The van der Waals surface area contributed by atoms with Crippen LogP contribution in [0, 0.1) is 0 Å².